The van der Waals surface area contributed by atoms with E-state index in [9.17, 15) is 0 Å². The van der Waals surface area contributed by atoms with Gasteiger partial charge in [-0.15, -0.1) is 12.4 Å². The predicted octanol–water partition coefficient (Wildman–Crippen LogP) is 3.80. The molecule has 0 saturated heterocycles. The zero-order chi connectivity index (χ0) is 17.4. The molecule has 2 aromatic heterocycles. The normalized spacial score (nSPS) is 15.7. The minimum Gasteiger partial charge on any atom is -0.335 e. The zero-order valence-electron chi connectivity index (χ0n) is 14.8. The number of rotatable bonds is 4. The molecule has 136 valence electrons. The number of aromatic nitrogens is 4. The molecule has 3 aromatic rings. The van der Waals surface area contributed by atoms with Gasteiger partial charge in [-0.25, -0.2) is 4.68 Å². The first-order valence-electron chi connectivity index (χ1n) is 8.50. The van der Waals surface area contributed by atoms with Gasteiger partial charge in [-0.1, -0.05) is 23.4 Å². The number of para-hydroxylation sites is 1. The number of hydrogen-bond acceptors (Lipinski definition) is 5. The maximum Gasteiger partial charge on any atom is 0.250 e. The molecule has 26 heavy (non-hydrogen) atoms. The van der Waals surface area contributed by atoms with Crippen molar-refractivity contribution in [3.8, 4) is 5.69 Å². The van der Waals surface area contributed by atoms with Crippen LogP contribution in [0.4, 0.5) is 0 Å². The standard InChI is InChI=1S/C19H21N5O.ClH/c1-13-16(14(2)24(22-13)15-7-4-3-5-8-15)9-10-17-21-18(23-25-17)19(20)11-6-12-19;/h3-5,7-10H,6,11-12,20H2,1-2H3;1H/b10-9+;. The van der Waals surface area contributed by atoms with Crippen molar-refractivity contribution in [2.45, 2.75) is 38.6 Å². The van der Waals surface area contributed by atoms with Crippen LogP contribution in [0, 0.1) is 13.8 Å². The molecule has 1 aliphatic rings. The molecule has 1 aliphatic carbocycles. The van der Waals surface area contributed by atoms with E-state index in [0.717, 1.165) is 41.9 Å². The Morgan fingerprint density at radius 1 is 1.15 bits per heavy atom. The minimum absolute atomic E-state index is 0. The first kappa shape index (κ1) is 18.4. The molecule has 1 fully saturated rings. The molecule has 1 saturated carbocycles. The van der Waals surface area contributed by atoms with Crippen molar-refractivity contribution in [1.29, 1.82) is 0 Å². The molecule has 0 bridgehead atoms. The zero-order valence-corrected chi connectivity index (χ0v) is 15.7. The van der Waals surface area contributed by atoms with Crippen molar-refractivity contribution >= 4 is 24.6 Å². The van der Waals surface area contributed by atoms with Crippen LogP contribution in [0.1, 0.15) is 47.9 Å². The summed E-state index contributed by atoms with van der Waals surface area (Å²) in [5.74, 6) is 1.07. The van der Waals surface area contributed by atoms with E-state index in [4.69, 9.17) is 10.3 Å². The van der Waals surface area contributed by atoms with Gasteiger partial charge in [0.1, 0.15) is 0 Å². The van der Waals surface area contributed by atoms with Crippen molar-refractivity contribution in [2.24, 2.45) is 5.73 Å². The van der Waals surface area contributed by atoms with Gasteiger partial charge in [0.2, 0.25) is 0 Å². The van der Waals surface area contributed by atoms with E-state index in [1.807, 2.05) is 54.1 Å². The summed E-state index contributed by atoms with van der Waals surface area (Å²) in [6.45, 7) is 4.05. The van der Waals surface area contributed by atoms with E-state index in [2.05, 4.69) is 22.2 Å². The number of benzene rings is 1. The number of nitrogens with two attached hydrogens (primary N) is 1. The van der Waals surface area contributed by atoms with E-state index in [1.165, 1.54) is 0 Å². The Kier molecular flexibility index (Phi) is 4.98. The highest BCUT2D eigenvalue weighted by Crippen LogP contribution is 2.37. The molecule has 0 spiro atoms. The number of hydrogen-bond donors (Lipinski definition) is 1. The topological polar surface area (TPSA) is 82.8 Å². The van der Waals surface area contributed by atoms with Gasteiger partial charge in [0.15, 0.2) is 5.82 Å². The third-order valence-electron chi connectivity index (χ3n) is 4.87. The molecule has 0 radical (unpaired) electrons. The Morgan fingerprint density at radius 3 is 2.54 bits per heavy atom. The Bertz CT molecular complexity index is 925. The summed E-state index contributed by atoms with van der Waals surface area (Å²) in [7, 11) is 0. The molecular weight excluding hydrogens is 350 g/mol. The summed E-state index contributed by atoms with van der Waals surface area (Å²) in [4.78, 5) is 4.43. The van der Waals surface area contributed by atoms with E-state index < -0.39 is 5.54 Å². The molecule has 6 nitrogen and oxygen atoms in total. The van der Waals surface area contributed by atoms with Crippen molar-refractivity contribution in [3.05, 3.63) is 59.0 Å². The first-order chi connectivity index (χ1) is 12.1. The molecular formula is C19H22ClN5O. The van der Waals surface area contributed by atoms with Crippen LogP contribution in [0.25, 0.3) is 17.8 Å². The first-order valence-corrected chi connectivity index (χ1v) is 8.50. The van der Waals surface area contributed by atoms with Gasteiger partial charge >= 0.3 is 0 Å². The van der Waals surface area contributed by atoms with Crippen molar-refractivity contribution in [3.63, 3.8) is 0 Å². The fraction of sp³-hybridized carbons (Fsp3) is 0.316. The maximum absolute atomic E-state index is 6.24. The second-order valence-electron chi connectivity index (χ2n) is 6.63. The molecule has 7 heteroatoms. The molecule has 1 aromatic carbocycles. The van der Waals surface area contributed by atoms with Gasteiger partial charge in [0.25, 0.3) is 5.89 Å². The molecule has 2 heterocycles. The largest absolute Gasteiger partial charge is 0.335 e. The third-order valence-corrected chi connectivity index (χ3v) is 4.87. The summed E-state index contributed by atoms with van der Waals surface area (Å²) >= 11 is 0. The van der Waals surface area contributed by atoms with Crippen molar-refractivity contribution in [2.75, 3.05) is 0 Å². The molecule has 0 unspecified atom stereocenters. The molecule has 0 aliphatic heterocycles. The van der Waals surface area contributed by atoms with Gasteiger partial charge in [-0.3, -0.25) is 0 Å². The summed E-state index contributed by atoms with van der Waals surface area (Å²) in [5, 5.41) is 8.68. The Labute approximate surface area is 158 Å². The number of aryl methyl sites for hydroxylation is 1. The van der Waals surface area contributed by atoms with Crippen LogP contribution < -0.4 is 5.73 Å². The van der Waals surface area contributed by atoms with E-state index >= 15 is 0 Å². The van der Waals surface area contributed by atoms with Crippen LogP contribution in [0.2, 0.25) is 0 Å². The maximum atomic E-state index is 6.24. The van der Waals surface area contributed by atoms with E-state index in [0.29, 0.717) is 11.7 Å². The fourth-order valence-corrected chi connectivity index (χ4v) is 3.16. The summed E-state index contributed by atoms with van der Waals surface area (Å²) < 4.78 is 7.27. The van der Waals surface area contributed by atoms with Crippen LogP contribution in [0.15, 0.2) is 34.9 Å². The molecule has 0 atom stereocenters. The fourth-order valence-electron chi connectivity index (χ4n) is 3.16. The van der Waals surface area contributed by atoms with Gasteiger partial charge in [0, 0.05) is 17.3 Å². The SMILES string of the molecule is Cc1nn(-c2ccccc2)c(C)c1/C=C/c1nc(C2(N)CCC2)no1.Cl. The third kappa shape index (κ3) is 3.18. The van der Waals surface area contributed by atoms with E-state index in [1.54, 1.807) is 0 Å². The molecule has 4 rings (SSSR count). The predicted molar refractivity (Wildman–Crippen MR) is 103 cm³/mol. The lowest BCUT2D eigenvalue weighted by atomic mass is 9.77. The highest BCUT2D eigenvalue weighted by atomic mass is 35.5. The lowest BCUT2D eigenvalue weighted by Crippen LogP contribution is -2.44. The average molecular weight is 372 g/mol. The van der Waals surface area contributed by atoms with Crippen molar-refractivity contribution < 1.29 is 4.52 Å². The summed E-state index contributed by atoms with van der Waals surface area (Å²) in [6, 6.07) is 10.1. The van der Waals surface area contributed by atoms with Crippen LogP contribution in [0.5, 0.6) is 0 Å². The highest BCUT2D eigenvalue weighted by Gasteiger charge is 2.38. The van der Waals surface area contributed by atoms with Gasteiger partial charge in [-0.05, 0) is 51.3 Å². The van der Waals surface area contributed by atoms with Gasteiger partial charge in [0.05, 0.1) is 16.9 Å². The van der Waals surface area contributed by atoms with Crippen LogP contribution in [0.3, 0.4) is 0 Å². The lowest BCUT2D eigenvalue weighted by molar-refractivity contribution is 0.229. The smallest absolute Gasteiger partial charge is 0.250 e. The van der Waals surface area contributed by atoms with Crippen molar-refractivity contribution in [1.82, 2.24) is 19.9 Å². The summed E-state index contributed by atoms with van der Waals surface area (Å²) in [6.07, 6.45) is 6.74. The monoisotopic (exact) mass is 371 g/mol. The quantitative estimate of drug-likeness (QED) is 0.754. The van der Waals surface area contributed by atoms with E-state index in [-0.39, 0.29) is 12.4 Å². The van der Waals surface area contributed by atoms with Gasteiger partial charge in [-0.2, -0.15) is 10.1 Å². The number of nitrogens with zero attached hydrogens (tertiary/aromatic N) is 4. The highest BCUT2D eigenvalue weighted by molar-refractivity contribution is 5.85. The summed E-state index contributed by atoms with van der Waals surface area (Å²) in [5.41, 5.74) is 9.94. The Morgan fingerprint density at radius 2 is 1.88 bits per heavy atom. The van der Waals surface area contributed by atoms with Crippen LogP contribution in [-0.4, -0.2) is 19.9 Å². The Hall–Kier alpha value is -2.44. The Balaban J connectivity index is 0.00000196. The second kappa shape index (κ2) is 7.05. The minimum atomic E-state index is -0.403. The van der Waals surface area contributed by atoms with Crippen LogP contribution in [-0.2, 0) is 5.54 Å². The molecule has 0 amide bonds. The lowest BCUT2D eigenvalue weighted by Gasteiger charge is -2.34. The second-order valence-corrected chi connectivity index (χ2v) is 6.63. The van der Waals surface area contributed by atoms with Gasteiger partial charge < -0.3 is 10.3 Å². The average Bonchev–Trinajstić information content (AvgIpc) is 3.17. The number of halogens is 1. The molecule has 2 N–H and O–H groups in total. The van der Waals surface area contributed by atoms with Crippen LogP contribution >= 0.6 is 12.4 Å².